The lowest BCUT2D eigenvalue weighted by Crippen LogP contribution is -2.30. The molecule has 11 nitrogen and oxygen atoms in total. The van der Waals surface area contributed by atoms with Crippen LogP contribution in [-0.4, -0.2) is 66.5 Å². The summed E-state index contributed by atoms with van der Waals surface area (Å²) in [6.07, 6.45) is 48.8. The fraction of sp³-hybridized carbons (Fsp3) is 0.911. The highest BCUT2D eigenvalue weighted by molar-refractivity contribution is 7.47. The molecular formula is C56H107O11P. The highest BCUT2D eigenvalue weighted by Gasteiger charge is 2.28. The van der Waals surface area contributed by atoms with Crippen LogP contribution in [0.5, 0.6) is 0 Å². The highest BCUT2D eigenvalue weighted by Crippen LogP contribution is 2.43. The molecule has 0 fully saturated rings. The molecule has 0 rings (SSSR count). The lowest BCUT2D eigenvalue weighted by atomic mass is 10.0. The van der Waals surface area contributed by atoms with Gasteiger partial charge in [0.05, 0.1) is 19.8 Å². The van der Waals surface area contributed by atoms with Crippen LogP contribution in [-0.2, 0) is 42.2 Å². The number of carbonyl (C=O) groups excluding carboxylic acids is 3. The zero-order chi connectivity index (χ0) is 49.9. The van der Waals surface area contributed by atoms with Crippen LogP contribution >= 0.6 is 7.82 Å². The summed E-state index contributed by atoms with van der Waals surface area (Å²) in [7, 11) is -4.74. The molecule has 2 N–H and O–H groups in total. The van der Waals surface area contributed by atoms with Crippen molar-refractivity contribution in [3.63, 3.8) is 0 Å². The lowest BCUT2D eigenvalue weighted by molar-refractivity contribution is -0.161. The van der Waals surface area contributed by atoms with Crippen LogP contribution < -0.4 is 0 Å². The number of aliphatic hydroxyl groups is 1. The molecule has 0 saturated heterocycles. The smallest absolute Gasteiger partial charge is 0.462 e. The van der Waals surface area contributed by atoms with Gasteiger partial charge in [-0.05, 0) is 44.9 Å². The highest BCUT2D eigenvalue weighted by atomic mass is 31.2. The van der Waals surface area contributed by atoms with Gasteiger partial charge in [0.15, 0.2) is 6.10 Å². The largest absolute Gasteiger partial charge is 0.472 e. The Bertz CT molecular complexity index is 1200. The zero-order valence-electron chi connectivity index (χ0n) is 44.4. The van der Waals surface area contributed by atoms with Gasteiger partial charge in [-0.3, -0.25) is 23.4 Å². The first-order valence-corrected chi connectivity index (χ1v) is 30.1. The number of unbranched alkanes of at least 4 members (excludes halogenated alkanes) is 35. The minimum absolute atomic E-state index is 0.164. The van der Waals surface area contributed by atoms with Gasteiger partial charge in [0, 0.05) is 19.3 Å². The Kier molecular flexibility index (Phi) is 50.2. The molecule has 12 heteroatoms. The number of esters is 3. The van der Waals surface area contributed by atoms with E-state index >= 15 is 0 Å². The van der Waals surface area contributed by atoms with Gasteiger partial charge in [-0.1, -0.05) is 238 Å². The molecule has 3 atom stereocenters. The van der Waals surface area contributed by atoms with E-state index in [0.717, 1.165) is 77.0 Å². The summed E-state index contributed by atoms with van der Waals surface area (Å²) >= 11 is 0. The van der Waals surface area contributed by atoms with Gasteiger partial charge >= 0.3 is 25.7 Å². The molecule has 68 heavy (non-hydrogen) atoms. The summed E-state index contributed by atoms with van der Waals surface area (Å²) in [5, 5.41) is 9.79. The number of hydrogen-bond donors (Lipinski definition) is 2. The molecule has 0 spiro atoms. The Hall–Kier alpha value is -1.78. The van der Waals surface area contributed by atoms with E-state index in [2.05, 4.69) is 32.9 Å². The molecule has 3 unspecified atom stereocenters. The number of allylic oxidation sites excluding steroid dienone is 2. The molecule has 0 saturated carbocycles. The summed E-state index contributed by atoms with van der Waals surface area (Å²) in [5.74, 6) is -1.45. The summed E-state index contributed by atoms with van der Waals surface area (Å²) in [4.78, 5) is 48.4. The summed E-state index contributed by atoms with van der Waals surface area (Å²) in [5.41, 5.74) is 0. The average molecular weight is 987 g/mol. The summed E-state index contributed by atoms with van der Waals surface area (Å²) < 4.78 is 39.5. The monoisotopic (exact) mass is 987 g/mol. The number of rotatable bonds is 54. The molecule has 0 aliphatic rings. The van der Waals surface area contributed by atoms with Crippen LogP contribution in [0.4, 0.5) is 0 Å². The van der Waals surface area contributed by atoms with E-state index in [1.54, 1.807) is 0 Å². The van der Waals surface area contributed by atoms with Crippen molar-refractivity contribution in [3.8, 4) is 0 Å². The van der Waals surface area contributed by atoms with Crippen molar-refractivity contribution in [2.24, 2.45) is 0 Å². The second-order valence-corrected chi connectivity index (χ2v) is 20.9. The number of phosphoric ester groups is 1. The van der Waals surface area contributed by atoms with Crippen molar-refractivity contribution in [3.05, 3.63) is 12.2 Å². The second-order valence-electron chi connectivity index (χ2n) is 19.5. The van der Waals surface area contributed by atoms with E-state index in [1.807, 2.05) is 0 Å². The van der Waals surface area contributed by atoms with Gasteiger partial charge in [-0.25, -0.2) is 4.57 Å². The predicted molar refractivity (Wildman–Crippen MR) is 280 cm³/mol. The quantitative estimate of drug-likeness (QED) is 0.0197. The maximum Gasteiger partial charge on any atom is 0.472 e. The molecule has 0 amide bonds. The first-order valence-electron chi connectivity index (χ1n) is 28.6. The molecular weight excluding hydrogens is 880 g/mol. The van der Waals surface area contributed by atoms with Gasteiger partial charge in [-0.15, -0.1) is 0 Å². The van der Waals surface area contributed by atoms with Gasteiger partial charge in [0.25, 0.3) is 0 Å². The number of phosphoric acid groups is 1. The second kappa shape index (κ2) is 51.6. The molecule has 0 aliphatic carbocycles. The zero-order valence-corrected chi connectivity index (χ0v) is 45.2. The van der Waals surface area contributed by atoms with Crippen molar-refractivity contribution in [1.82, 2.24) is 0 Å². The van der Waals surface area contributed by atoms with E-state index in [4.69, 9.17) is 23.3 Å². The van der Waals surface area contributed by atoms with Crippen LogP contribution in [0.1, 0.15) is 290 Å². The van der Waals surface area contributed by atoms with Crippen LogP contribution in [0, 0.1) is 0 Å². The molecule has 0 aliphatic heterocycles. The standard InChI is InChI=1S/C56H107O11P/c1-4-7-10-13-16-19-22-25-26-29-32-35-38-41-44-47-56(60)67-53(49-63-54(58)45-42-39-36-33-30-27-23-20-17-14-11-8-5-2)51-65-68(61,62)64-50-52(48-57)66-55(59)46-43-40-37-34-31-28-24-21-18-15-12-9-6-3/h25-26,52-53,57H,4-24,27-51H2,1-3H3,(H,61,62)/b26-25-. The minimum Gasteiger partial charge on any atom is -0.462 e. The van der Waals surface area contributed by atoms with Crippen LogP contribution in [0.25, 0.3) is 0 Å². The van der Waals surface area contributed by atoms with Gasteiger partial charge in [0.2, 0.25) is 0 Å². The number of hydrogen-bond acceptors (Lipinski definition) is 10. The Labute approximate surface area is 417 Å². The maximum atomic E-state index is 12.9. The number of carbonyl (C=O) groups is 3. The summed E-state index contributed by atoms with van der Waals surface area (Å²) in [6.45, 7) is 4.68. The van der Waals surface area contributed by atoms with E-state index in [9.17, 15) is 28.9 Å². The fourth-order valence-electron chi connectivity index (χ4n) is 8.29. The lowest BCUT2D eigenvalue weighted by Gasteiger charge is -2.21. The third kappa shape index (κ3) is 49.2. The van der Waals surface area contributed by atoms with E-state index in [-0.39, 0.29) is 25.9 Å². The SMILES string of the molecule is CCCCCCCC/C=C\CCCCCCCC(=O)OC(COC(=O)CCCCCCCCCCCCCCC)COP(=O)(O)OCC(CO)OC(=O)CCCCCCCCCCCCCCC. The third-order valence-corrected chi connectivity index (χ3v) is 13.6. The van der Waals surface area contributed by atoms with E-state index in [1.165, 1.54) is 154 Å². The molecule has 402 valence electrons. The van der Waals surface area contributed by atoms with E-state index < -0.39 is 57.8 Å². The molecule has 0 aromatic rings. The van der Waals surface area contributed by atoms with Gasteiger partial charge < -0.3 is 24.2 Å². The normalized spacial score (nSPS) is 13.4. The minimum atomic E-state index is -4.74. The molecule has 0 bridgehead atoms. The number of aliphatic hydroxyl groups excluding tert-OH is 1. The topological polar surface area (TPSA) is 155 Å². The van der Waals surface area contributed by atoms with Gasteiger partial charge in [-0.2, -0.15) is 0 Å². The molecule has 0 heterocycles. The average Bonchev–Trinajstić information content (AvgIpc) is 3.32. The molecule has 0 radical (unpaired) electrons. The fourth-order valence-corrected chi connectivity index (χ4v) is 9.08. The Balaban J connectivity index is 4.69. The number of ether oxygens (including phenoxy) is 3. The van der Waals surface area contributed by atoms with Crippen molar-refractivity contribution in [2.75, 3.05) is 26.4 Å². The first kappa shape index (κ1) is 66.2. The Morgan fingerprint density at radius 3 is 1.01 bits per heavy atom. The molecule has 0 aromatic carbocycles. The van der Waals surface area contributed by atoms with Crippen molar-refractivity contribution < 1.29 is 52.2 Å². The van der Waals surface area contributed by atoms with E-state index in [0.29, 0.717) is 19.3 Å². The van der Waals surface area contributed by atoms with Crippen molar-refractivity contribution in [1.29, 1.82) is 0 Å². The Morgan fingerprint density at radius 1 is 0.397 bits per heavy atom. The first-order chi connectivity index (χ1) is 33.2. The van der Waals surface area contributed by atoms with Crippen LogP contribution in [0.2, 0.25) is 0 Å². The Morgan fingerprint density at radius 2 is 0.676 bits per heavy atom. The predicted octanol–water partition coefficient (Wildman–Crippen LogP) is 16.5. The third-order valence-electron chi connectivity index (χ3n) is 12.7. The van der Waals surface area contributed by atoms with Crippen LogP contribution in [0.15, 0.2) is 12.2 Å². The maximum absolute atomic E-state index is 12.9. The van der Waals surface area contributed by atoms with Crippen molar-refractivity contribution >= 4 is 25.7 Å². The van der Waals surface area contributed by atoms with Gasteiger partial charge in [0.1, 0.15) is 12.7 Å². The molecule has 0 aromatic heterocycles. The van der Waals surface area contributed by atoms with Crippen molar-refractivity contribution in [2.45, 2.75) is 303 Å². The van der Waals surface area contributed by atoms with Crippen LogP contribution in [0.3, 0.4) is 0 Å². The summed E-state index contributed by atoms with van der Waals surface area (Å²) in [6, 6.07) is 0.